The van der Waals surface area contributed by atoms with Crippen LogP contribution < -0.4 is 18.9 Å². The number of Topliss-reactive ketones (excluding diaryl/α,β-unsaturated/α-hetero) is 1. The first kappa shape index (κ1) is 38.3. The summed E-state index contributed by atoms with van der Waals surface area (Å²) in [6.07, 6.45) is -0.403. The molecular weight excluding hydrogens is 644 g/mol. The Balaban J connectivity index is 1.62. The zero-order valence-electron chi connectivity index (χ0n) is 28.4. The van der Waals surface area contributed by atoms with Crippen LogP contribution in [0.4, 0.5) is 0 Å². The van der Waals surface area contributed by atoms with Crippen LogP contribution in [-0.4, -0.2) is 100 Å². The molecule has 2 unspecified atom stereocenters. The molecule has 11 nitrogen and oxygen atoms in total. The summed E-state index contributed by atoms with van der Waals surface area (Å²) < 4.78 is 22.8. The summed E-state index contributed by atoms with van der Waals surface area (Å²) in [7, 11) is 0. The molecule has 0 aliphatic heterocycles. The average Bonchev–Trinajstić information content (AvgIpc) is 3.11. The van der Waals surface area contributed by atoms with Crippen molar-refractivity contribution in [3.05, 3.63) is 96.1 Å². The largest absolute Gasteiger partial charge is 0.491 e. The highest BCUT2D eigenvalue weighted by Gasteiger charge is 2.44. The van der Waals surface area contributed by atoms with Gasteiger partial charge in [0.1, 0.15) is 60.6 Å². The van der Waals surface area contributed by atoms with Crippen molar-refractivity contribution < 1.29 is 54.4 Å². The fraction of sp³-hybridized carbons (Fsp3) is 0.359. The van der Waals surface area contributed by atoms with Crippen LogP contribution in [0, 0.1) is 0 Å². The lowest BCUT2D eigenvalue weighted by Crippen LogP contribution is -2.52. The first-order chi connectivity index (χ1) is 24.0. The van der Waals surface area contributed by atoms with Gasteiger partial charge in [-0.25, -0.2) is 0 Å². The van der Waals surface area contributed by atoms with E-state index in [9.17, 15) is 25.2 Å². The molecule has 268 valence electrons. The van der Waals surface area contributed by atoms with Crippen molar-refractivity contribution >= 4 is 5.78 Å². The summed E-state index contributed by atoms with van der Waals surface area (Å²) in [4.78, 5) is 14.0. The van der Waals surface area contributed by atoms with Crippen molar-refractivity contribution in [1.29, 1.82) is 0 Å². The number of ketones is 1. The third-order valence-electron chi connectivity index (χ3n) is 7.97. The topological polar surface area (TPSA) is 175 Å². The van der Waals surface area contributed by atoms with Gasteiger partial charge in [-0.1, -0.05) is 60.7 Å². The second kappa shape index (κ2) is 18.0. The highest BCUT2D eigenvalue weighted by molar-refractivity contribution is 5.94. The molecule has 0 aromatic heterocycles. The molecule has 0 saturated carbocycles. The van der Waals surface area contributed by atoms with E-state index in [1.54, 1.807) is 48.5 Å². The number of ether oxygens (including phenoxy) is 4. The number of aliphatic hydroxyl groups excluding tert-OH is 4. The van der Waals surface area contributed by atoms with E-state index in [1.807, 2.05) is 36.4 Å². The van der Waals surface area contributed by atoms with Gasteiger partial charge in [0.25, 0.3) is 0 Å². The van der Waals surface area contributed by atoms with Gasteiger partial charge in [-0.2, -0.15) is 0 Å². The second-order valence-electron chi connectivity index (χ2n) is 12.2. The molecule has 50 heavy (non-hydrogen) atoms. The predicted octanol–water partition coefficient (Wildman–Crippen LogP) is 3.36. The van der Waals surface area contributed by atoms with Crippen LogP contribution in [-0.2, 0) is 17.6 Å². The van der Waals surface area contributed by atoms with Crippen LogP contribution in [0.15, 0.2) is 84.9 Å². The zero-order chi connectivity index (χ0) is 36.1. The van der Waals surface area contributed by atoms with Gasteiger partial charge in [-0.15, -0.1) is 0 Å². The van der Waals surface area contributed by atoms with E-state index in [0.29, 0.717) is 45.3 Å². The average molecular weight is 691 g/mol. The van der Waals surface area contributed by atoms with Crippen molar-refractivity contribution in [3.8, 4) is 45.3 Å². The SMILES string of the molecule is CC(O)(Cc1cccc(-c2ccc(OCCO)cc2)c1OCCO)C(=O)C(C)(O)Cc1cccc(-c2ccc(OCCO)cc2)c1OCCO. The van der Waals surface area contributed by atoms with Crippen molar-refractivity contribution in [1.82, 2.24) is 0 Å². The molecule has 4 aromatic rings. The number of hydrogen-bond acceptors (Lipinski definition) is 11. The van der Waals surface area contributed by atoms with E-state index >= 15 is 0 Å². The molecule has 0 fully saturated rings. The Kier molecular flexibility index (Phi) is 13.8. The summed E-state index contributed by atoms with van der Waals surface area (Å²) in [6.45, 7) is 2.22. The van der Waals surface area contributed by atoms with Gasteiger partial charge in [0.2, 0.25) is 0 Å². The first-order valence-corrected chi connectivity index (χ1v) is 16.4. The number of carbonyl (C=O) groups excluding carboxylic acids is 1. The summed E-state index contributed by atoms with van der Waals surface area (Å²) >= 11 is 0. The molecule has 0 aliphatic carbocycles. The van der Waals surface area contributed by atoms with Gasteiger partial charge in [0.05, 0.1) is 26.4 Å². The van der Waals surface area contributed by atoms with Gasteiger partial charge < -0.3 is 49.6 Å². The molecule has 0 spiro atoms. The van der Waals surface area contributed by atoms with Crippen LogP contribution in [0.3, 0.4) is 0 Å². The Labute approximate surface area is 291 Å². The zero-order valence-corrected chi connectivity index (χ0v) is 28.4. The van der Waals surface area contributed by atoms with Crippen LogP contribution >= 0.6 is 0 Å². The highest BCUT2D eigenvalue weighted by Crippen LogP contribution is 2.39. The Morgan fingerprint density at radius 2 is 0.860 bits per heavy atom. The van der Waals surface area contributed by atoms with E-state index in [-0.39, 0.29) is 65.7 Å². The Bertz CT molecular complexity index is 1540. The van der Waals surface area contributed by atoms with Gasteiger partial charge >= 0.3 is 0 Å². The number of hydrogen-bond donors (Lipinski definition) is 6. The third-order valence-corrected chi connectivity index (χ3v) is 7.97. The van der Waals surface area contributed by atoms with Gasteiger partial charge in [-0.05, 0) is 60.4 Å². The van der Waals surface area contributed by atoms with E-state index in [4.69, 9.17) is 29.2 Å². The standard InChI is InChI=1S/C39H46O11/c1-38(45,25-29-5-3-7-33(35(29)49-23-19-42)27-9-13-31(14-10-27)47-21-17-40)37(44)39(2,46)26-30-6-4-8-34(36(30)50-24-20-43)28-11-15-32(16-12-28)48-22-18-41/h3-16,40-43,45-46H,17-26H2,1-2H3. The number of benzene rings is 4. The van der Waals surface area contributed by atoms with Crippen molar-refractivity contribution in [2.45, 2.75) is 37.9 Å². The van der Waals surface area contributed by atoms with Crippen molar-refractivity contribution in [2.75, 3.05) is 52.9 Å². The molecule has 4 aromatic carbocycles. The second-order valence-corrected chi connectivity index (χ2v) is 12.2. The molecule has 0 bridgehead atoms. The maximum absolute atomic E-state index is 14.0. The molecule has 6 N–H and O–H groups in total. The van der Waals surface area contributed by atoms with Crippen molar-refractivity contribution in [2.24, 2.45) is 0 Å². The number of aliphatic hydroxyl groups is 6. The molecule has 0 aliphatic rings. The first-order valence-electron chi connectivity index (χ1n) is 16.4. The molecule has 2 atom stereocenters. The normalized spacial score (nSPS) is 13.6. The van der Waals surface area contributed by atoms with Crippen LogP contribution in [0.2, 0.25) is 0 Å². The number of para-hydroxylation sites is 2. The summed E-state index contributed by atoms with van der Waals surface area (Å²) in [5, 5.41) is 60.5. The van der Waals surface area contributed by atoms with Gasteiger partial charge in [-0.3, -0.25) is 4.79 Å². The van der Waals surface area contributed by atoms with E-state index in [1.165, 1.54) is 13.8 Å². The lowest BCUT2D eigenvalue weighted by molar-refractivity contribution is -0.153. The maximum Gasteiger partial charge on any atom is 0.195 e. The summed E-state index contributed by atoms with van der Waals surface area (Å²) in [5.74, 6) is 1.07. The van der Waals surface area contributed by atoms with E-state index in [0.717, 1.165) is 11.1 Å². The Hall–Kier alpha value is -4.49. The van der Waals surface area contributed by atoms with Gasteiger partial charge in [0, 0.05) is 24.0 Å². The smallest absolute Gasteiger partial charge is 0.195 e. The van der Waals surface area contributed by atoms with E-state index < -0.39 is 17.0 Å². The Morgan fingerprint density at radius 3 is 1.20 bits per heavy atom. The lowest BCUT2D eigenvalue weighted by Gasteiger charge is -2.32. The fourth-order valence-corrected chi connectivity index (χ4v) is 5.81. The Morgan fingerprint density at radius 1 is 0.520 bits per heavy atom. The van der Waals surface area contributed by atoms with Crippen molar-refractivity contribution in [3.63, 3.8) is 0 Å². The molecule has 0 heterocycles. The fourth-order valence-electron chi connectivity index (χ4n) is 5.81. The molecule has 11 heteroatoms. The number of carbonyl (C=O) groups is 1. The predicted molar refractivity (Wildman–Crippen MR) is 188 cm³/mol. The monoisotopic (exact) mass is 690 g/mol. The minimum absolute atomic E-state index is 0.0269. The third kappa shape index (κ3) is 9.81. The van der Waals surface area contributed by atoms with Crippen LogP contribution in [0.25, 0.3) is 22.3 Å². The molecule has 0 amide bonds. The molecular formula is C39H46O11. The summed E-state index contributed by atoms with van der Waals surface area (Å²) in [6, 6.07) is 24.9. The van der Waals surface area contributed by atoms with Crippen LogP contribution in [0.1, 0.15) is 25.0 Å². The molecule has 0 saturated heterocycles. The minimum atomic E-state index is -2.05. The minimum Gasteiger partial charge on any atom is -0.491 e. The van der Waals surface area contributed by atoms with E-state index in [2.05, 4.69) is 0 Å². The lowest BCUT2D eigenvalue weighted by atomic mass is 9.79. The van der Waals surface area contributed by atoms with Crippen LogP contribution in [0.5, 0.6) is 23.0 Å². The quantitative estimate of drug-likeness (QED) is 0.0803. The van der Waals surface area contributed by atoms with Gasteiger partial charge in [0.15, 0.2) is 5.78 Å². The molecule has 4 rings (SSSR count). The maximum atomic E-state index is 14.0. The highest BCUT2D eigenvalue weighted by atomic mass is 16.5. The number of rotatable bonds is 20. The molecule has 0 radical (unpaired) electrons. The summed E-state index contributed by atoms with van der Waals surface area (Å²) in [5.41, 5.74) is -0.263.